The average molecular weight is 284 g/mol. The summed E-state index contributed by atoms with van der Waals surface area (Å²) in [5.74, 6) is 0. The molecule has 1 saturated heterocycles. The number of anilines is 1. The first-order valence-corrected chi connectivity index (χ1v) is 7.90. The van der Waals surface area contributed by atoms with Crippen LogP contribution in [0.2, 0.25) is 0 Å². The highest BCUT2D eigenvalue weighted by Gasteiger charge is 2.29. The van der Waals surface area contributed by atoms with Gasteiger partial charge in [-0.05, 0) is 30.4 Å². The third-order valence-corrected chi connectivity index (χ3v) is 5.07. The van der Waals surface area contributed by atoms with E-state index in [9.17, 15) is 5.11 Å². The fourth-order valence-electron chi connectivity index (χ4n) is 3.19. The van der Waals surface area contributed by atoms with Gasteiger partial charge in [-0.15, -0.1) is 0 Å². The summed E-state index contributed by atoms with van der Waals surface area (Å²) in [7, 11) is 0. The number of aromatic nitrogens is 1. The predicted octanol–water partition coefficient (Wildman–Crippen LogP) is 3.74. The fraction of sp³-hybridized carbons (Fsp3) is 0.500. The van der Waals surface area contributed by atoms with Gasteiger partial charge in [0.15, 0.2) is 0 Å². The summed E-state index contributed by atoms with van der Waals surface area (Å²) in [5, 5.41) is 10.6. The molecule has 1 fully saturated rings. The van der Waals surface area contributed by atoms with E-state index in [1.54, 1.807) is 0 Å². The van der Waals surface area contributed by atoms with Crippen molar-refractivity contribution in [3.63, 3.8) is 0 Å². The van der Waals surface area contributed by atoms with E-state index in [1.807, 2.05) is 12.1 Å². The van der Waals surface area contributed by atoms with Gasteiger partial charge in [-0.1, -0.05) is 38.5 Å². The molecule has 112 valence electrons. The molecule has 3 heteroatoms. The van der Waals surface area contributed by atoms with Crippen LogP contribution in [-0.2, 0) is 6.61 Å². The van der Waals surface area contributed by atoms with Crippen LogP contribution in [0.1, 0.15) is 38.8 Å². The zero-order chi connectivity index (χ0) is 14.9. The first-order valence-electron chi connectivity index (χ1n) is 7.90. The standard InChI is InChI=1S/C18H24N2O/c1-3-18(2)8-10-20(11-9-18)17-12-14(13-21)19-16-7-5-4-6-15(16)17/h4-7,12,21H,3,8-11,13H2,1-2H3. The van der Waals surface area contributed by atoms with Crippen LogP contribution >= 0.6 is 0 Å². The van der Waals surface area contributed by atoms with Crippen molar-refractivity contribution in [1.82, 2.24) is 4.98 Å². The number of hydrogen-bond acceptors (Lipinski definition) is 3. The van der Waals surface area contributed by atoms with Crippen molar-refractivity contribution in [2.24, 2.45) is 5.41 Å². The number of piperidine rings is 1. The molecule has 21 heavy (non-hydrogen) atoms. The summed E-state index contributed by atoms with van der Waals surface area (Å²) in [4.78, 5) is 6.98. The van der Waals surface area contributed by atoms with E-state index in [1.165, 1.54) is 30.3 Å². The summed E-state index contributed by atoms with van der Waals surface area (Å²) < 4.78 is 0. The number of hydrogen-bond donors (Lipinski definition) is 1. The average Bonchev–Trinajstić information content (AvgIpc) is 2.54. The third kappa shape index (κ3) is 2.75. The molecule has 0 aliphatic carbocycles. The molecule has 1 aromatic carbocycles. The number of benzene rings is 1. The van der Waals surface area contributed by atoms with Crippen molar-refractivity contribution in [2.75, 3.05) is 18.0 Å². The first kappa shape index (κ1) is 14.3. The Kier molecular flexibility index (Phi) is 3.85. The molecular formula is C18H24N2O. The minimum atomic E-state index is -0.00164. The Balaban J connectivity index is 1.97. The summed E-state index contributed by atoms with van der Waals surface area (Å²) in [5.41, 5.74) is 3.44. The van der Waals surface area contributed by atoms with Gasteiger partial charge in [0.05, 0.1) is 17.8 Å². The van der Waals surface area contributed by atoms with Crippen LogP contribution in [-0.4, -0.2) is 23.2 Å². The lowest BCUT2D eigenvalue weighted by atomic mass is 9.78. The molecule has 1 aliphatic rings. The van der Waals surface area contributed by atoms with E-state index < -0.39 is 0 Å². The Morgan fingerprint density at radius 2 is 1.95 bits per heavy atom. The van der Waals surface area contributed by atoms with Crippen molar-refractivity contribution >= 4 is 16.6 Å². The molecule has 0 atom stereocenters. The van der Waals surface area contributed by atoms with Crippen molar-refractivity contribution in [2.45, 2.75) is 39.7 Å². The second-order valence-electron chi connectivity index (χ2n) is 6.46. The first-order chi connectivity index (χ1) is 10.1. The van der Waals surface area contributed by atoms with E-state index in [-0.39, 0.29) is 6.61 Å². The number of pyridine rings is 1. The lowest BCUT2D eigenvalue weighted by Crippen LogP contribution is -2.38. The van der Waals surface area contributed by atoms with Crippen LogP contribution in [0.5, 0.6) is 0 Å². The molecule has 3 nitrogen and oxygen atoms in total. The van der Waals surface area contributed by atoms with Crippen LogP contribution < -0.4 is 4.90 Å². The maximum absolute atomic E-state index is 9.46. The Morgan fingerprint density at radius 1 is 1.24 bits per heavy atom. The van der Waals surface area contributed by atoms with Crippen molar-refractivity contribution in [1.29, 1.82) is 0 Å². The van der Waals surface area contributed by atoms with E-state index in [2.05, 4.69) is 41.9 Å². The zero-order valence-electron chi connectivity index (χ0n) is 13.0. The summed E-state index contributed by atoms with van der Waals surface area (Å²) in [6, 6.07) is 10.3. The summed E-state index contributed by atoms with van der Waals surface area (Å²) in [6.45, 7) is 6.86. The third-order valence-electron chi connectivity index (χ3n) is 5.07. The quantitative estimate of drug-likeness (QED) is 0.932. The Bertz CT molecular complexity index is 630. The highest BCUT2D eigenvalue weighted by atomic mass is 16.3. The summed E-state index contributed by atoms with van der Waals surface area (Å²) in [6.07, 6.45) is 3.71. The Labute approximate surface area is 126 Å². The maximum Gasteiger partial charge on any atom is 0.0854 e. The second kappa shape index (κ2) is 5.64. The maximum atomic E-state index is 9.46. The topological polar surface area (TPSA) is 36.4 Å². The Morgan fingerprint density at radius 3 is 2.62 bits per heavy atom. The highest BCUT2D eigenvalue weighted by molar-refractivity contribution is 5.92. The molecule has 1 aliphatic heterocycles. The van der Waals surface area contributed by atoms with Gasteiger partial charge in [-0.25, -0.2) is 0 Å². The molecule has 0 radical (unpaired) electrons. The fourth-order valence-corrected chi connectivity index (χ4v) is 3.19. The normalized spacial score (nSPS) is 18.1. The number of aliphatic hydroxyl groups excluding tert-OH is 1. The van der Waals surface area contributed by atoms with Crippen molar-refractivity contribution < 1.29 is 5.11 Å². The SMILES string of the molecule is CCC1(C)CCN(c2cc(CO)nc3ccccc23)CC1. The summed E-state index contributed by atoms with van der Waals surface area (Å²) >= 11 is 0. The molecule has 0 amide bonds. The molecule has 1 N–H and O–H groups in total. The van der Waals surface area contributed by atoms with E-state index >= 15 is 0 Å². The second-order valence-corrected chi connectivity index (χ2v) is 6.46. The number of aliphatic hydroxyl groups is 1. The van der Waals surface area contributed by atoms with Gasteiger partial charge >= 0.3 is 0 Å². The molecule has 1 aromatic heterocycles. The lowest BCUT2D eigenvalue weighted by molar-refractivity contribution is 0.238. The van der Waals surface area contributed by atoms with Crippen LogP contribution in [0.4, 0.5) is 5.69 Å². The molecule has 2 heterocycles. The lowest BCUT2D eigenvalue weighted by Gasteiger charge is -2.40. The zero-order valence-corrected chi connectivity index (χ0v) is 13.0. The minimum Gasteiger partial charge on any atom is -0.390 e. The predicted molar refractivity (Wildman–Crippen MR) is 87.5 cm³/mol. The number of rotatable bonds is 3. The van der Waals surface area contributed by atoms with E-state index in [0.29, 0.717) is 5.41 Å². The van der Waals surface area contributed by atoms with Crippen LogP contribution in [0, 0.1) is 5.41 Å². The highest BCUT2D eigenvalue weighted by Crippen LogP contribution is 2.37. The van der Waals surface area contributed by atoms with Crippen LogP contribution in [0.15, 0.2) is 30.3 Å². The van der Waals surface area contributed by atoms with Gasteiger partial charge < -0.3 is 10.0 Å². The van der Waals surface area contributed by atoms with Gasteiger partial charge in [0.25, 0.3) is 0 Å². The van der Waals surface area contributed by atoms with Crippen molar-refractivity contribution in [3.05, 3.63) is 36.0 Å². The number of nitrogens with zero attached hydrogens (tertiary/aromatic N) is 2. The van der Waals surface area contributed by atoms with Gasteiger partial charge in [0.1, 0.15) is 0 Å². The van der Waals surface area contributed by atoms with E-state index in [0.717, 1.165) is 24.3 Å². The smallest absolute Gasteiger partial charge is 0.0854 e. The molecule has 0 saturated carbocycles. The molecule has 0 unspecified atom stereocenters. The van der Waals surface area contributed by atoms with Gasteiger partial charge in [-0.2, -0.15) is 0 Å². The van der Waals surface area contributed by atoms with Crippen LogP contribution in [0.25, 0.3) is 10.9 Å². The van der Waals surface area contributed by atoms with E-state index in [4.69, 9.17) is 0 Å². The molecule has 2 aromatic rings. The monoisotopic (exact) mass is 284 g/mol. The van der Waals surface area contributed by atoms with Gasteiger partial charge in [0, 0.05) is 24.2 Å². The number of fused-ring (bicyclic) bond motifs is 1. The van der Waals surface area contributed by atoms with Gasteiger partial charge in [-0.3, -0.25) is 4.98 Å². The molecular weight excluding hydrogens is 260 g/mol. The van der Waals surface area contributed by atoms with Gasteiger partial charge in [0.2, 0.25) is 0 Å². The number of para-hydroxylation sites is 1. The molecule has 0 bridgehead atoms. The minimum absolute atomic E-state index is 0.00164. The largest absolute Gasteiger partial charge is 0.390 e. The molecule has 3 rings (SSSR count). The molecule has 0 spiro atoms. The Hall–Kier alpha value is -1.61. The van der Waals surface area contributed by atoms with Crippen molar-refractivity contribution in [3.8, 4) is 0 Å². The van der Waals surface area contributed by atoms with Crippen LogP contribution in [0.3, 0.4) is 0 Å².